The summed E-state index contributed by atoms with van der Waals surface area (Å²) in [7, 11) is 1.67. The molecular formula is C18H21N3O4S. The number of hydrogen-bond donors (Lipinski definition) is 0. The average molecular weight is 375 g/mol. The lowest BCUT2D eigenvalue weighted by Crippen LogP contribution is -2.09. The summed E-state index contributed by atoms with van der Waals surface area (Å²) >= 11 is 1.23. The summed E-state index contributed by atoms with van der Waals surface area (Å²) in [6, 6.07) is 3.69. The molecule has 0 unspecified atom stereocenters. The van der Waals surface area contributed by atoms with Crippen LogP contribution in [0, 0.1) is 20.8 Å². The minimum absolute atomic E-state index is 0.0333. The van der Waals surface area contributed by atoms with Gasteiger partial charge in [-0.05, 0) is 32.9 Å². The molecule has 0 aliphatic heterocycles. The number of methoxy groups -OCH3 is 1. The van der Waals surface area contributed by atoms with Crippen molar-refractivity contribution in [2.75, 3.05) is 19.5 Å². The van der Waals surface area contributed by atoms with Crippen molar-refractivity contribution < 1.29 is 18.4 Å². The summed E-state index contributed by atoms with van der Waals surface area (Å²) in [5, 5.41) is 8.37. The van der Waals surface area contributed by atoms with E-state index < -0.39 is 0 Å². The molecule has 3 aromatic heterocycles. The zero-order chi connectivity index (χ0) is 18.7. The van der Waals surface area contributed by atoms with Gasteiger partial charge >= 0.3 is 0 Å². The number of aromatic nitrogens is 3. The van der Waals surface area contributed by atoms with Gasteiger partial charge in [-0.15, -0.1) is 10.2 Å². The van der Waals surface area contributed by atoms with Gasteiger partial charge in [-0.1, -0.05) is 11.8 Å². The Kier molecular flexibility index (Phi) is 5.63. The summed E-state index contributed by atoms with van der Waals surface area (Å²) in [5.41, 5.74) is 3.47. The lowest BCUT2D eigenvalue weighted by atomic mass is 10.2. The van der Waals surface area contributed by atoms with Gasteiger partial charge in [-0.25, -0.2) is 0 Å². The van der Waals surface area contributed by atoms with E-state index in [1.165, 1.54) is 11.8 Å². The maximum absolute atomic E-state index is 12.6. The van der Waals surface area contributed by atoms with E-state index in [1.807, 2.05) is 26.8 Å². The number of aryl methyl sites for hydroxylation is 2. The fourth-order valence-corrected chi connectivity index (χ4v) is 3.45. The minimum atomic E-state index is 0.0333. The van der Waals surface area contributed by atoms with Crippen LogP contribution in [0.3, 0.4) is 0 Å². The van der Waals surface area contributed by atoms with Crippen molar-refractivity contribution >= 4 is 17.5 Å². The number of furan rings is 1. The molecular weight excluding hydrogens is 354 g/mol. The van der Waals surface area contributed by atoms with Gasteiger partial charge in [0.25, 0.3) is 11.1 Å². The number of hydrogen-bond acceptors (Lipinski definition) is 7. The molecule has 0 spiro atoms. The Labute approximate surface area is 155 Å². The first-order valence-corrected chi connectivity index (χ1v) is 9.19. The summed E-state index contributed by atoms with van der Waals surface area (Å²) in [6.07, 6.45) is 1.57. The van der Waals surface area contributed by atoms with Crippen LogP contribution in [-0.2, 0) is 11.3 Å². The third-order valence-corrected chi connectivity index (χ3v) is 5.03. The van der Waals surface area contributed by atoms with Crippen molar-refractivity contribution in [3.63, 3.8) is 0 Å². The SMILES string of the molecule is COCCn1c(C)cc(C(=O)CSc2nnc(-c3ccoc3C)o2)c1C. The number of carbonyl (C=O) groups excluding carboxylic acids is 1. The van der Waals surface area contributed by atoms with Gasteiger partial charge in [0.05, 0.1) is 24.2 Å². The predicted molar refractivity (Wildman–Crippen MR) is 97.6 cm³/mol. The molecule has 0 amide bonds. The third-order valence-electron chi connectivity index (χ3n) is 4.22. The highest BCUT2D eigenvalue weighted by molar-refractivity contribution is 7.99. The lowest BCUT2D eigenvalue weighted by Gasteiger charge is -2.08. The standard InChI is InChI=1S/C18H21N3O4S/c1-11-9-15(12(2)21(11)6-8-23-4)16(22)10-26-18-20-19-17(25-18)14-5-7-24-13(14)3/h5,7,9H,6,8,10H2,1-4H3. The third kappa shape index (κ3) is 3.76. The van der Waals surface area contributed by atoms with Crippen LogP contribution in [-0.4, -0.2) is 40.0 Å². The Balaban J connectivity index is 1.66. The Bertz CT molecular complexity index is 910. The maximum Gasteiger partial charge on any atom is 0.277 e. The Morgan fingerprint density at radius 3 is 2.81 bits per heavy atom. The number of carbonyl (C=O) groups is 1. The van der Waals surface area contributed by atoms with Crippen molar-refractivity contribution in [2.24, 2.45) is 0 Å². The molecule has 0 radical (unpaired) electrons. The first kappa shape index (κ1) is 18.5. The fourth-order valence-electron chi connectivity index (χ4n) is 2.80. The van der Waals surface area contributed by atoms with Gasteiger partial charge in [-0.2, -0.15) is 0 Å². The highest BCUT2D eigenvalue weighted by Gasteiger charge is 2.18. The zero-order valence-corrected chi connectivity index (χ0v) is 16.1. The number of Topliss-reactive ketones (excluding diaryl/α,β-unsaturated/α-hetero) is 1. The zero-order valence-electron chi connectivity index (χ0n) is 15.2. The molecule has 3 heterocycles. The molecule has 0 aliphatic rings. The topological polar surface area (TPSA) is 83.3 Å². The maximum atomic E-state index is 12.6. The van der Waals surface area contributed by atoms with Gasteiger partial charge in [0, 0.05) is 30.6 Å². The van der Waals surface area contributed by atoms with E-state index in [0.29, 0.717) is 23.5 Å². The van der Waals surface area contributed by atoms with Crippen LogP contribution in [0.4, 0.5) is 0 Å². The summed E-state index contributed by atoms with van der Waals surface area (Å²) in [4.78, 5) is 12.6. The van der Waals surface area contributed by atoms with E-state index in [1.54, 1.807) is 19.4 Å². The second-order valence-electron chi connectivity index (χ2n) is 5.90. The average Bonchev–Trinajstić information content (AvgIpc) is 3.31. The van der Waals surface area contributed by atoms with Gasteiger partial charge in [0.1, 0.15) is 5.76 Å². The molecule has 0 saturated heterocycles. The van der Waals surface area contributed by atoms with E-state index in [0.717, 1.165) is 29.1 Å². The van der Waals surface area contributed by atoms with Crippen LogP contribution in [0.5, 0.6) is 0 Å². The molecule has 0 N–H and O–H groups in total. The van der Waals surface area contributed by atoms with Gasteiger partial charge in [-0.3, -0.25) is 4.79 Å². The second-order valence-corrected chi connectivity index (χ2v) is 6.83. The Hall–Kier alpha value is -2.32. The van der Waals surface area contributed by atoms with Crippen molar-refractivity contribution in [3.8, 4) is 11.5 Å². The van der Waals surface area contributed by atoms with E-state index in [2.05, 4.69) is 14.8 Å². The molecule has 138 valence electrons. The van der Waals surface area contributed by atoms with Crippen LogP contribution in [0.2, 0.25) is 0 Å². The van der Waals surface area contributed by atoms with E-state index in [-0.39, 0.29) is 11.5 Å². The van der Waals surface area contributed by atoms with Crippen LogP contribution in [0.1, 0.15) is 27.5 Å². The van der Waals surface area contributed by atoms with Crippen LogP contribution in [0.25, 0.3) is 11.5 Å². The smallest absolute Gasteiger partial charge is 0.277 e. The second kappa shape index (κ2) is 7.92. The molecule has 0 bridgehead atoms. The molecule has 0 aromatic carbocycles. The van der Waals surface area contributed by atoms with Crippen LogP contribution >= 0.6 is 11.8 Å². The van der Waals surface area contributed by atoms with Gasteiger partial charge in [0.2, 0.25) is 0 Å². The molecule has 0 fully saturated rings. The normalized spacial score (nSPS) is 11.2. The predicted octanol–water partition coefficient (Wildman–Crippen LogP) is 3.68. The molecule has 3 rings (SSSR count). The first-order chi connectivity index (χ1) is 12.5. The van der Waals surface area contributed by atoms with Crippen LogP contribution in [0.15, 0.2) is 32.5 Å². The van der Waals surface area contributed by atoms with E-state index in [9.17, 15) is 4.79 Å². The Morgan fingerprint density at radius 1 is 1.31 bits per heavy atom. The number of nitrogens with zero attached hydrogens (tertiary/aromatic N) is 3. The molecule has 3 aromatic rings. The number of rotatable bonds is 8. The molecule has 0 atom stereocenters. The minimum Gasteiger partial charge on any atom is -0.469 e. The van der Waals surface area contributed by atoms with Crippen LogP contribution < -0.4 is 0 Å². The first-order valence-electron chi connectivity index (χ1n) is 8.21. The highest BCUT2D eigenvalue weighted by atomic mass is 32.2. The van der Waals surface area contributed by atoms with Crippen molar-refractivity contribution in [1.29, 1.82) is 0 Å². The van der Waals surface area contributed by atoms with Gasteiger partial charge in [0.15, 0.2) is 5.78 Å². The lowest BCUT2D eigenvalue weighted by molar-refractivity contribution is 0.102. The molecule has 0 saturated carbocycles. The Morgan fingerprint density at radius 2 is 2.12 bits per heavy atom. The quantitative estimate of drug-likeness (QED) is 0.439. The molecule has 7 nitrogen and oxygen atoms in total. The monoisotopic (exact) mass is 375 g/mol. The van der Waals surface area contributed by atoms with E-state index >= 15 is 0 Å². The number of ketones is 1. The van der Waals surface area contributed by atoms with Gasteiger partial charge < -0.3 is 18.1 Å². The summed E-state index contributed by atoms with van der Waals surface area (Å²) in [5.74, 6) is 1.38. The van der Waals surface area contributed by atoms with E-state index in [4.69, 9.17) is 13.6 Å². The molecule has 0 aliphatic carbocycles. The number of ether oxygens (including phenoxy) is 1. The fraction of sp³-hybridized carbons (Fsp3) is 0.389. The largest absolute Gasteiger partial charge is 0.469 e. The molecule has 26 heavy (non-hydrogen) atoms. The molecule has 8 heteroatoms. The van der Waals surface area contributed by atoms with Crippen molar-refractivity contribution in [1.82, 2.24) is 14.8 Å². The van der Waals surface area contributed by atoms with Crippen molar-refractivity contribution in [2.45, 2.75) is 32.5 Å². The van der Waals surface area contributed by atoms with Crippen molar-refractivity contribution in [3.05, 3.63) is 41.1 Å². The summed E-state index contributed by atoms with van der Waals surface area (Å²) < 4.78 is 18.1. The summed E-state index contributed by atoms with van der Waals surface area (Å²) in [6.45, 7) is 7.11. The number of thioether (sulfide) groups is 1. The highest BCUT2D eigenvalue weighted by Crippen LogP contribution is 2.27.